The first-order chi connectivity index (χ1) is 16.7. The van der Waals surface area contributed by atoms with Crippen LogP contribution in [0.25, 0.3) is 22.3 Å². The second-order valence-corrected chi connectivity index (χ2v) is 9.11. The first-order valence-electron chi connectivity index (χ1n) is 11.9. The van der Waals surface area contributed by atoms with Gasteiger partial charge in [0.15, 0.2) is 0 Å². The Hall–Kier alpha value is -3.73. The minimum atomic E-state index is -0.370. The monoisotopic (exact) mass is 472 g/mol. The number of esters is 1. The van der Waals surface area contributed by atoms with Crippen molar-refractivity contribution in [2.75, 3.05) is 31.4 Å². The molecule has 5 nitrogen and oxygen atoms in total. The molecule has 0 aliphatic rings. The van der Waals surface area contributed by atoms with Gasteiger partial charge in [0.1, 0.15) is 5.75 Å². The summed E-state index contributed by atoms with van der Waals surface area (Å²) in [4.78, 5) is 13.0. The molecule has 0 aliphatic carbocycles. The normalized spacial score (nSPS) is 10.6. The van der Waals surface area contributed by atoms with Crippen molar-refractivity contribution >= 4 is 17.3 Å². The lowest BCUT2D eigenvalue weighted by Gasteiger charge is -2.20. The van der Waals surface area contributed by atoms with Gasteiger partial charge in [-0.05, 0) is 81.6 Å². The molecule has 0 radical (unpaired) electrons. The summed E-state index contributed by atoms with van der Waals surface area (Å²) in [5, 5.41) is 6.79. The van der Waals surface area contributed by atoms with Crippen molar-refractivity contribution in [1.82, 2.24) is 0 Å². The van der Waals surface area contributed by atoms with Gasteiger partial charge < -0.3 is 20.1 Å². The van der Waals surface area contributed by atoms with Gasteiger partial charge in [0.05, 0.1) is 19.8 Å². The number of ether oxygens (including phenoxy) is 2. The SMILES string of the molecule is COC(=O)c1c(-c2ccc(NC(C)C)cc2)cc(OC)c(-c2ccc(NCC=C(C)C)cc2)c1C. The van der Waals surface area contributed by atoms with E-state index in [0.717, 1.165) is 45.7 Å². The third kappa shape index (κ3) is 6.24. The first kappa shape index (κ1) is 25.9. The predicted octanol–water partition coefficient (Wildman–Crippen LogP) is 7.32. The van der Waals surface area contributed by atoms with Gasteiger partial charge in [0.2, 0.25) is 0 Å². The van der Waals surface area contributed by atoms with Crippen LogP contribution in [0.5, 0.6) is 5.75 Å². The maximum atomic E-state index is 13.0. The van der Waals surface area contributed by atoms with E-state index in [1.54, 1.807) is 7.11 Å². The number of hydrogen-bond acceptors (Lipinski definition) is 5. The molecule has 184 valence electrons. The van der Waals surface area contributed by atoms with E-state index in [2.05, 4.69) is 44.4 Å². The Kier molecular flexibility index (Phi) is 8.58. The summed E-state index contributed by atoms with van der Waals surface area (Å²) in [5.74, 6) is 0.338. The van der Waals surface area contributed by atoms with Crippen LogP contribution in [0.3, 0.4) is 0 Å². The zero-order valence-corrected chi connectivity index (χ0v) is 21.8. The molecular weight excluding hydrogens is 436 g/mol. The predicted molar refractivity (Wildman–Crippen MR) is 147 cm³/mol. The molecule has 5 heteroatoms. The number of anilines is 2. The van der Waals surface area contributed by atoms with Crippen LogP contribution in [0.1, 0.15) is 43.6 Å². The maximum Gasteiger partial charge on any atom is 0.338 e. The largest absolute Gasteiger partial charge is 0.496 e. The molecule has 0 spiro atoms. The average Bonchev–Trinajstić information content (AvgIpc) is 2.83. The standard InChI is InChI=1S/C30H36N2O3/c1-19(2)16-17-31-24-12-10-23(11-13-24)28-21(5)29(30(33)35-7)26(18-27(28)34-6)22-8-14-25(15-9-22)32-20(3)4/h8-16,18,20,31-32H,17H2,1-7H3. The number of hydrogen-bond donors (Lipinski definition) is 2. The smallest absolute Gasteiger partial charge is 0.338 e. The molecule has 0 saturated heterocycles. The van der Waals surface area contributed by atoms with Crippen LogP contribution in [0.2, 0.25) is 0 Å². The maximum absolute atomic E-state index is 13.0. The van der Waals surface area contributed by atoms with Crippen molar-refractivity contribution in [3.8, 4) is 28.0 Å². The van der Waals surface area contributed by atoms with Gasteiger partial charge in [0, 0.05) is 35.1 Å². The summed E-state index contributed by atoms with van der Waals surface area (Å²) in [6.45, 7) is 11.1. The van der Waals surface area contributed by atoms with E-state index in [4.69, 9.17) is 9.47 Å². The Morgan fingerprint density at radius 3 is 2.09 bits per heavy atom. The van der Waals surface area contributed by atoms with E-state index in [0.29, 0.717) is 17.4 Å². The fourth-order valence-electron chi connectivity index (χ4n) is 4.11. The Balaban J connectivity index is 2.07. The van der Waals surface area contributed by atoms with Crippen LogP contribution >= 0.6 is 0 Å². The van der Waals surface area contributed by atoms with Crippen molar-refractivity contribution in [2.24, 2.45) is 0 Å². The Labute approximate surface area is 209 Å². The van der Waals surface area contributed by atoms with E-state index in [-0.39, 0.29) is 5.97 Å². The van der Waals surface area contributed by atoms with E-state index in [1.165, 1.54) is 12.7 Å². The van der Waals surface area contributed by atoms with Gasteiger partial charge in [-0.25, -0.2) is 4.79 Å². The summed E-state index contributed by atoms with van der Waals surface area (Å²) in [7, 11) is 3.07. The van der Waals surface area contributed by atoms with Crippen molar-refractivity contribution in [2.45, 2.75) is 40.7 Å². The minimum absolute atomic E-state index is 0.335. The number of nitrogens with one attached hydrogen (secondary N) is 2. The second-order valence-electron chi connectivity index (χ2n) is 9.11. The number of methoxy groups -OCH3 is 2. The fourth-order valence-corrected chi connectivity index (χ4v) is 4.11. The van der Waals surface area contributed by atoms with Gasteiger partial charge in [0.25, 0.3) is 0 Å². The molecule has 2 N–H and O–H groups in total. The molecule has 0 unspecified atom stereocenters. The van der Waals surface area contributed by atoms with Crippen LogP contribution < -0.4 is 15.4 Å². The fraction of sp³-hybridized carbons (Fsp3) is 0.300. The molecule has 0 amide bonds. The van der Waals surface area contributed by atoms with Gasteiger partial charge >= 0.3 is 5.97 Å². The third-order valence-electron chi connectivity index (χ3n) is 5.79. The summed E-state index contributed by atoms with van der Waals surface area (Å²) in [6, 6.07) is 18.5. The summed E-state index contributed by atoms with van der Waals surface area (Å²) in [6.07, 6.45) is 2.15. The summed E-state index contributed by atoms with van der Waals surface area (Å²) >= 11 is 0. The summed E-state index contributed by atoms with van der Waals surface area (Å²) < 4.78 is 11.0. The molecule has 35 heavy (non-hydrogen) atoms. The van der Waals surface area contributed by atoms with Crippen LogP contribution in [0, 0.1) is 6.92 Å². The van der Waals surface area contributed by atoms with E-state index in [9.17, 15) is 4.79 Å². The van der Waals surface area contributed by atoms with E-state index in [1.807, 2.05) is 61.5 Å². The highest BCUT2D eigenvalue weighted by molar-refractivity contribution is 6.02. The van der Waals surface area contributed by atoms with Crippen LogP contribution in [0.4, 0.5) is 11.4 Å². The topological polar surface area (TPSA) is 59.6 Å². The quantitative estimate of drug-likeness (QED) is 0.252. The highest BCUT2D eigenvalue weighted by Crippen LogP contribution is 2.41. The lowest BCUT2D eigenvalue weighted by molar-refractivity contribution is 0.0601. The zero-order chi connectivity index (χ0) is 25.5. The highest BCUT2D eigenvalue weighted by Gasteiger charge is 2.23. The van der Waals surface area contributed by atoms with Gasteiger partial charge in [-0.2, -0.15) is 0 Å². The molecule has 0 aromatic heterocycles. The lowest BCUT2D eigenvalue weighted by atomic mass is 9.88. The summed E-state index contributed by atoms with van der Waals surface area (Å²) in [5.41, 5.74) is 8.25. The Bertz CT molecular complexity index is 1190. The molecule has 0 bridgehead atoms. The molecular formula is C30H36N2O3. The van der Waals surface area contributed by atoms with Crippen LogP contribution in [-0.2, 0) is 4.74 Å². The molecule has 0 fully saturated rings. The molecule has 0 atom stereocenters. The minimum Gasteiger partial charge on any atom is -0.496 e. The molecule has 0 saturated carbocycles. The Morgan fingerprint density at radius 1 is 0.943 bits per heavy atom. The second kappa shape index (κ2) is 11.6. The van der Waals surface area contributed by atoms with Crippen LogP contribution in [-0.4, -0.2) is 32.8 Å². The number of carbonyl (C=O) groups excluding carboxylic acids is 1. The van der Waals surface area contributed by atoms with Crippen LogP contribution in [0.15, 0.2) is 66.2 Å². The number of carbonyl (C=O) groups is 1. The molecule has 0 heterocycles. The molecule has 0 aliphatic heterocycles. The van der Waals surface area contributed by atoms with Crippen molar-refractivity contribution in [3.63, 3.8) is 0 Å². The lowest BCUT2D eigenvalue weighted by Crippen LogP contribution is -2.10. The number of rotatable bonds is 9. The van der Waals surface area contributed by atoms with Gasteiger partial charge in [-0.15, -0.1) is 0 Å². The molecule has 3 aromatic rings. The zero-order valence-electron chi connectivity index (χ0n) is 21.8. The van der Waals surface area contributed by atoms with Gasteiger partial charge in [-0.3, -0.25) is 0 Å². The highest BCUT2D eigenvalue weighted by atomic mass is 16.5. The Morgan fingerprint density at radius 2 is 1.54 bits per heavy atom. The van der Waals surface area contributed by atoms with E-state index >= 15 is 0 Å². The van der Waals surface area contributed by atoms with Crippen molar-refractivity contribution in [1.29, 1.82) is 0 Å². The molecule has 3 rings (SSSR count). The van der Waals surface area contributed by atoms with Crippen molar-refractivity contribution < 1.29 is 14.3 Å². The molecule has 3 aromatic carbocycles. The average molecular weight is 473 g/mol. The number of benzene rings is 3. The van der Waals surface area contributed by atoms with E-state index < -0.39 is 0 Å². The number of allylic oxidation sites excluding steroid dienone is 1. The third-order valence-corrected chi connectivity index (χ3v) is 5.79. The van der Waals surface area contributed by atoms with Gasteiger partial charge in [-0.1, -0.05) is 35.9 Å². The van der Waals surface area contributed by atoms with Crippen molar-refractivity contribution in [3.05, 3.63) is 77.4 Å². The first-order valence-corrected chi connectivity index (χ1v) is 11.9.